The van der Waals surface area contributed by atoms with Crippen LogP contribution in [0, 0.1) is 0 Å². The Balaban J connectivity index is 4.07. The zero-order chi connectivity index (χ0) is 14.0. The lowest BCUT2D eigenvalue weighted by molar-refractivity contribution is -0.144. The molecule has 0 atom stereocenters. The van der Waals surface area contributed by atoms with E-state index in [9.17, 15) is 9.59 Å². The molecule has 0 heterocycles. The average molecular weight is 258 g/mol. The molecule has 0 aromatic heterocycles. The molecule has 0 aliphatic heterocycles. The quantitative estimate of drug-likeness (QED) is 0.582. The molecule has 1 amide bonds. The number of hydrogen-bond donors (Lipinski definition) is 0. The second-order valence-corrected chi connectivity index (χ2v) is 4.09. The van der Waals surface area contributed by atoms with Gasteiger partial charge in [0.05, 0.1) is 13.0 Å². The van der Waals surface area contributed by atoms with Crippen LogP contribution in [0.4, 0.5) is 0 Å². The molecule has 0 N–H and O–H groups in total. The summed E-state index contributed by atoms with van der Waals surface area (Å²) in [6.45, 7) is 11.8. The Bertz CT molecular complexity index is 253. The monoisotopic (exact) mass is 258 g/mol. The molecule has 0 saturated heterocycles. The predicted octanol–water partition coefficient (Wildman–Crippen LogP) is 1.13. The lowest BCUT2D eigenvalue weighted by Gasteiger charge is -2.25. The molecule has 18 heavy (non-hydrogen) atoms. The smallest absolute Gasteiger partial charge is 0.307 e. The van der Waals surface area contributed by atoms with Crippen molar-refractivity contribution in [1.29, 1.82) is 0 Å². The van der Waals surface area contributed by atoms with Gasteiger partial charge >= 0.3 is 5.97 Å². The van der Waals surface area contributed by atoms with Crippen molar-refractivity contribution >= 4 is 11.9 Å². The maximum atomic E-state index is 11.5. The molecule has 0 fully saturated rings. The summed E-state index contributed by atoms with van der Waals surface area (Å²) in [4.78, 5) is 26.7. The number of carbonyl (C=O) groups excluding carboxylic acids is 2. The highest BCUT2D eigenvalue weighted by molar-refractivity contribution is 5.75. The van der Waals surface area contributed by atoms with Crippen molar-refractivity contribution in [1.82, 2.24) is 9.80 Å². The largest absolute Gasteiger partial charge is 0.466 e. The summed E-state index contributed by atoms with van der Waals surface area (Å²) >= 11 is 0. The minimum atomic E-state index is -0.244. The highest BCUT2D eigenvalue weighted by atomic mass is 16.5. The Kier molecular flexibility index (Phi) is 9.28. The van der Waals surface area contributed by atoms with Crippen molar-refractivity contribution in [3.05, 3.63) is 0 Å². The lowest BCUT2D eigenvalue weighted by atomic mass is 10.3. The minimum Gasteiger partial charge on any atom is -0.466 e. The van der Waals surface area contributed by atoms with E-state index in [2.05, 4.69) is 18.7 Å². The average Bonchev–Trinajstić information content (AvgIpc) is 2.33. The number of amides is 1. The number of rotatable bonds is 9. The van der Waals surface area contributed by atoms with Crippen molar-refractivity contribution in [2.75, 3.05) is 39.3 Å². The van der Waals surface area contributed by atoms with Crippen LogP contribution in [0.25, 0.3) is 0 Å². The lowest BCUT2D eigenvalue weighted by Crippen LogP contribution is -2.38. The van der Waals surface area contributed by atoms with Gasteiger partial charge in [-0.1, -0.05) is 13.8 Å². The third-order valence-corrected chi connectivity index (χ3v) is 2.92. The standard InChI is InChI=1S/C13H26N2O3/c1-5-14(6-2)10-11-15(12(4)16)9-8-13(17)18-7-3/h5-11H2,1-4H3. The Morgan fingerprint density at radius 3 is 2.06 bits per heavy atom. The van der Waals surface area contributed by atoms with Gasteiger partial charge in [0.25, 0.3) is 0 Å². The number of likely N-dealkylation sites (N-methyl/N-ethyl adjacent to an activating group) is 1. The zero-order valence-electron chi connectivity index (χ0n) is 12.1. The summed E-state index contributed by atoms with van der Waals surface area (Å²) in [5.41, 5.74) is 0. The molecular formula is C13H26N2O3. The van der Waals surface area contributed by atoms with Gasteiger partial charge < -0.3 is 14.5 Å². The van der Waals surface area contributed by atoms with Crippen LogP contribution in [0.15, 0.2) is 0 Å². The van der Waals surface area contributed by atoms with Crippen molar-refractivity contribution < 1.29 is 14.3 Å². The van der Waals surface area contributed by atoms with Gasteiger partial charge in [0.15, 0.2) is 0 Å². The topological polar surface area (TPSA) is 49.9 Å². The van der Waals surface area contributed by atoms with E-state index in [1.54, 1.807) is 11.8 Å². The van der Waals surface area contributed by atoms with E-state index in [0.29, 0.717) is 19.7 Å². The normalized spacial score (nSPS) is 10.5. The SMILES string of the molecule is CCOC(=O)CCN(CCN(CC)CC)C(C)=O. The van der Waals surface area contributed by atoms with Gasteiger partial charge in [0.1, 0.15) is 0 Å². The fourth-order valence-corrected chi connectivity index (χ4v) is 1.69. The first-order valence-electron chi connectivity index (χ1n) is 6.68. The van der Waals surface area contributed by atoms with E-state index in [0.717, 1.165) is 19.6 Å². The third kappa shape index (κ3) is 7.27. The maximum Gasteiger partial charge on any atom is 0.307 e. The molecule has 0 aromatic rings. The van der Waals surface area contributed by atoms with E-state index in [4.69, 9.17) is 4.74 Å². The highest BCUT2D eigenvalue weighted by Gasteiger charge is 2.12. The molecule has 0 unspecified atom stereocenters. The number of ether oxygens (including phenoxy) is 1. The van der Waals surface area contributed by atoms with E-state index in [1.165, 1.54) is 6.92 Å². The molecule has 0 rings (SSSR count). The highest BCUT2D eigenvalue weighted by Crippen LogP contribution is 1.97. The molecule has 106 valence electrons. The van der Waals surface area contributed by atoms with Crippen molar-refractivity contribution in [2.45, 2.75) is 34.1 Å². The second kappa shape index (κ2) is 9.88. The van der Waals surface area contributed by atoms with Crippen LogP contribution < -0.4 is 0 Å². The van der Waals surface area contributed by atoms with E-state index in [1.807, 2.05) is 0 Å². The van der Waals surface area contributed by atoms with Crippen LogP contribution in [0.1, 0.15) is 34.1 Å². The summed E-state index contributed by atoms with van der Waals surface area (Å²) < 4.78 is 4.85. The van der Waals surface area contributed by atoms with Crippen LogP contribution in [0.2, 0.25) is 0 Å². The molecular weight excluding hydrogens is 232 g/mol. The van der Waals surface area contributed by atoms with Gasteiger partial charge in [-0.3, -0.25) is 9.59 Å². The van der Waals surface area contributed by atoms with Gasteiger partial charge in [0.2, 0.25) is 5.91 Å². The van der Waals surface area contributed by atoms with Gasteiger partial charge in [0, 0.05) is 26.6 Å². The van der Waals surface area contributed by atoms with Gasteiger partial charge in [-0.25, -0.2) is 0 Å². The Hall–Kier alpha value is -1.10. The molecule has 0 aromatic carbocycles. The van der Waals surface area contributed by atoms with Gasteiger partial charge in [-0.15, -0.1) is 0 Å². The molecule has 5 heteroatoms. The second-order valence-electron chi connectivity index (χ2n) is 4.09. The molecule has 0 radical (unpaired) electrons. The number of hydrogen-bond acceptors (Lipinski definition) is 4. The third-order valence-electron chi connectivity index (χ3n) is 2.92. The fraction of sp³-hybridized carbons (Fsp3) is 0.846. The first-order valence-corrected chi connectivity index (χ1v) is 6.68. The Labute approximate surface area is 110 Å². The molecule has 0 aliphatic carbocycles. The summed E-state index contributed by atoms with van der Waals surface area (Å²) in [6, 6.07) is 0. The van der Waals surface area contributed by atoms with Gasteiger partial charge in [-0.05, 0) is 20.0 Å². The number of carbonyl (C=O) groups is 2. The summed E-state index contributed by atoms with van der Waals surface area (Å²) in [5.74, 6) is -0.238. The van der Waals surface area contributed by atoms with Crippen molar-refractivity contribution in [3.63, 3.8) is 0 Å². The van der Waals surface area contributed by atoms with Crippen molar-refractivity contribution in [3.8, 4) is 0 Å². The van der Waals surface area contributed by atoms with E-state index >= 15 is 0 Å². The first-order chi connectivity index (χ1) is 8.54. The Morgan fingerprint density at radius 1 is 1.00 bits per heavy atom. The maximum absolute atomic E-state index is 11.5. The van der Waals surface area contributed by atoms with Crippen LogP contribution in [-0.2, 0) is 14.3 Å². The number of nitrogens with zero attached hydrogens (tertiary/aromatic N) is 2. The van der Waals surface area contributed by atoms with Crippen LogP contribution in [0.3, 0.4) is 0 Å². The molecule has 0 spiro atoms. The molecule has 0 aliphatic rings. The van der Waals surface area contributed by atoms with Crippen molar-refractivity contribution in [2.24, 2.45) is 0 Å². The molecule has 5 nitrogen and oxygen atoms in total. The zero-order valence-corrected chi connectivity index (χ0v) is 12.1. The van der Waals surface area contributed by atoms with Gasteiger partial charge in [-0.2, -0.15) is 0 Å². The minimum absolute atomic E-state index is 0.00598. The molecule has 0 bridgehead atoms. The summed E-state index contributed by atoms with van der Waals surface area (Å²) in [7, 11) is 0. The number of esters is 1. The summed E-state index contributed by atoms with van der Waals surface area (Å²) in [6.07, 6.45) is 0.270. The first kappa shape index (κ1) is 16.9. The fourth-order valence-electron chi connectivity index (χ4n) is 1.69. The summed E-state index contributed by atoms with van der Waals surface area (Å²) in [5, 5.41) is 0. The van der Waals surface area contributed by atoms with Crippen LogP contribution in [0.5, 0.6) is 0 Å². The molecule has 0 saturated carbocycles. The van der Waals surface area contributed by atoms with E-state index in [-0.39, 0.29) is 18.3 Å². The van der Waals surface area contributed by atoms with Crippen LogP contribution in [-0.4, -0.2) is 61.0 Å². The van der Waals surface area contributed by atoms with Crippen LogP contribution >= 0.6 is 0 Å². The Morgan fingerprint density at radius 2 is 1.61 bits per heavy atom. The van der Waals surface area contributed by atoms with E-state index < -0.39 is 0 Å². The predicted molar refractivity (Wildman–Crippen MR) is 71.3 cm³/mol.